The van der Waals surface area contributed by atoms with Crippen LogP contribution in [0.5, 0.6) is 5.88 Å². The van der Waals surface area contributed by atoms with E-state index in [1.54, 1.807) is 45.0 Å². The third-order valence-corrected chi connectivity index (χ3v) is 9.45. The molecule has 2 aromatic rings. The van der Waals surface area contributed by atoms with E-state index in [0.29, 0.717) is 25.1 Å². The number of aromatic nitrogens is 2. The molecule has 0 bridgehead atoms. The lowest BCUT2D eigenvalue weighted by atomic mass is 9.93. The minimum atomic E-state index is -1.07. The molecule has 1 saturated carbocycles. The molecule has 16 heteroatoms. The number of likely N-dealkylation sites (tertiary alicyclic amines) is 1. The summed E-state index contributed by atoms with van der Waals surface area (Å²) >= 11 is 0. The number of nitrogens with one attached hydrogen (secondary N) is 3. The Hall–Kier alpha value is -5.15. The SMILES string of the molecule is CC(C)(C)C(=O)NCC[C@H](NC(=O)c1cc(OCC(=O)N2CCC[C@H]2C(=O)NC2CCC2)n(-c2ccccc2)n1)C(=O)N1CCN(C(=O)O)CC1. The second kappa shape index (κ2) is 16.2. The smallest absolute Gasteiger partial charge is 0.407 e. The van der Waals surface area contributed by atoms with Crippen LogP contribution in [-0.2, 0) is 19.2 Å². The van der Waals surface area contributed by atoms with Crippen LogP contribution in [0.15, 0.2) is 36.4 Å². The van der Waals surface area contributed by atoms with Crippen LogP contribution in [0.4, 0.5) is 4.79 Å². The second-order valence-corrected chi connectivity index (χ2v) is 14.2. The summed E-state index contributed by atoms with van der Waals surface area (Å²) in [6.45, 7) is 6.02. The van der Waals surface area contributed by atoms with Gasteiger partial charge < -0.3 is 40.5 Å². The number of hydrogen-bond acceptors (Lipinski definition) is 8. The van der Waals surface area contributed by atoms with E-state index in [0.717, 1.165) is 19.3 Å². The monoisotopic (exact) mass is 708 g/mol. The molecule has 0 radical (unpaired) electrons. The maximum absolute atomic E-state index is 13.7. The van der Waals surface area contributed by atoms with E-state index in [4.69, 9.17) is 4.74 Å². The highest BCUT2D eigenvalue weighted by molar-refractivity contribution is 5.96. The van der Waals surface area contributed by atoms with E-state index in [-0.39, 0.29) is 81.1 Å². The maximum Gasteiger partial charge on any atom is 0.407 e. The molecule has 276 valence electrons. The first-order valence-electron chi connectivity index (χ1n) is 17.6. The Kier molecular flexibility index (Phi) is 11.8. The second-order valence-electron chi connectivity index (χ2n) is 14.2. The number of nitrogens with zero attached hydrogens (tertiary/aromatic N) is 5. The third kappa shape index (κ3) is 9.35. The predicted molar refractivity (Wildman–Crippen MR) is 184 cm³/mol. The molecule has 3 aliphatic rings. The van der Waals surface area contributed by atoms with Gasteiger partial charge in [-0.15, -0.1) is 0 Å². The first-order valence-corrected chi connectivity index (χ1v) is 17.6. The number of rotatable bonds is 12. The number of carbonyl (C=O) groups is 6. The molecule has 6 amide bonds. The highest BCUT2D eigenvalue weighted by Gasteiger charge is 2.36. The molecule has 4 N–H and O–H groups in total. The summed E-state index contributed by atoms with van der Waals surface area (Å²) in [5.41, 5.74) is -0.171. The fourth-order valence-electron chi connectivity index (χ4n) is 6.16. The van der Waals surface area contributed by atoms with Gasteiger partial charge in [-0.25, -0.2) is 9.48 Å². The van der Waals surface area contributed by atoms with Gasteiger partial charge in [0.15, 0.2) is 12.3 Å². The Bertz CT molecular complexity index is 1590. The Balaban J connectivity index is 1.30. The molecule has 1 aromatic heterocycles. The lowest BCUT2D eigenvalue weighted by molar-refractivity contribution is -0.140. The van der Waals surface area contributed by atoms with Crippen LogP contribution in [0.3, 0.4) is 0 Å². The van der Waals surface area contributed by atoms with E-state index >= 15 is 0 Å². The quantitative estimate of drug-likeness (QED) is 0.252. The summed E-state index contributed by atoms with van der Waals surface area (Å²) in [5, 5.41) is 22.4. The molecule has 51 heavy (non-hydrogen) atoms. The molecule has 3 heterocycles. The fourth-order valence-corrected chi connectivity index (χ4v) is 6.16. The van der Waals surface area contributed by atoms with Crippen molar-refractivity contribution in [2.75, 3.05) is 45.9 Å². The summed E-state index contributed by atoms with van der Waals surface area (Å²) in [6, 6.07) is 8.83. The van der Waals surface area contributed by atoms with Crippen LogP contribution in [0.1, 0.15) is 69.8 Å². The average molecular weight is 709 g/mol. The first kappa shape index (κ1) is 37.1. The standard InChI is InChI=1S/C35H48N8O8/c1-35(2,3)33(48)36-15-14-25(32(47)40-17-19-41(20-18-40)34(49)50)38-30(45)26-21-29(43(39-26)24-11-5-4-6-12-24)51-22-28(44)42-16-8-13-27(42)31(46)37-23-9-7-10-23/h4-6,11-12,21,23,25,27H,7-10,13-20,22H2,1-3H3,(H,36,48)(H,37,46)(H,38,45)(H,49,50)/t25-,27-/m0/s1. The first-order chi connectivity index (χ1) is 24.3. The Morgan fingerprint density at radius 1 is 0.941 bits per heavy atom. The van der Waals surface area contributed by atoms with Crippen LogP contribution in [0, 0.1) is 5.41 Å². The Morgan fingerprint density at radius 2 is 1.63 bits per heavy atom. The van der Waals surface area contributed by atoms with Gasteiger partial charge in [0.2, 0.25) is 23.6 Å². The molecular formula is C35H48N8O8. The van der Waals surface area contributed by atoms with Gasteiger partial charge in [0, 0.05) is 56.8 Å². The van der Waals surface area contributed by atoms with Gasteiger partial charge in [-0.2, -0.15) is 5.10 Å². The minimum Gasteiger partial charge on any atom is -0.467 e. The highest BCUT2D eigenvalue weighted by atomic mass is 16.5. The summed E-state index contributed by atoms with van der Waals surface area (Å²) < 4.78 is 7.35. The largest absolute Gasteiger partial charge is 0.467 e. The van der Waals surface area contributed by atoms with Gasteiger partial charge in [-0.3, -0.25) is 24.0 Å². The van der Waals surface area contributed by atoms with Gasteiger partial charge in [-0.05, 0) is 50.7 Å². The van der Waals surface area contributed by atoms with Crippen molar-refractivity contribution in [3.05, 3.63) is 42.1 Å². The fraction of sp³-hybridized carbons (Fsp3) is 0.571. The zero-order valence-corrected chi connectivity index (χ0v) is 29.4. The lowest BCUT2D eigenvalue weighted by Gasteiger charge is -2.35. The zero-order valence-electron chi connectivity index (χ0n) is 29.4. The van der Waals surface area contributed by atoms with E-state index < -0.39 is 35.4 Å². The third-order valence-electron chi connectivity index (χ3n) is 9.45. The van der Waals surface area contributed by atoms with E-state index in [1.165, 1.54) is 25.4 Å². The van der Waals surface area contributed by atoms with Crippen LogP contribution in [0.25, 0.3) is 5.69 Å². The van der Waals surface area contributed by atoms with Crippen LogP contribution in [0.2, 0.25) is 0 Å². The van der Waals surface area contributed by atoms with Crippen molar-refractivity contribution < 1.29 is 38.6 Å². The molecule has 3 fully saturated rings. The molecule has 0 unspecified atom stereocenters. The van der Waals surface area contributed by atoms with Crippen molar-refractivity contribution in [1.29, 1.82) is 0 Å². The topological polar surface area (TPSA) is 196 Å². The molecule has 16 nitrogen and oxygen atoms in total. The molecular weight excluding hydrogens is 660 g/mol. The summed E-state index contributed by atoms with van der Waals surface area (Å²) in [4.78, 5) is 81.8. The number of para-hydroxylation sites is 1. The lowest BCUT2D eigenvalue weighted by Crippen LogP contribution is -2.56. The van der Waals surface area contributed by atoms with Crippen molar-refractivity contribution >= 4 is 35.6 Å². The summed E-state index contributed by atoms with van der Waals surface area (Å²) in [5.74, 6) is -1.71. The molecule has 2 aliphatic heterocycles. The molecule has 1 aliphatic carbocycles. The summed E-state index contributed by atoms with van der Waals surface area (Å²) in [6.07, 6.45) is 3.26. The Labute approximate surface area is 296 Å². The Morgan fingerprint density at radius 3 is 2.25 bits per heavy atom. The van der Waals surface area contributed by atoms with Gasteiger partial charge in [0.25, 0.3) is 11.8 Å². The van der Waals surface area contributed by atoms with Gasteiger partial charge >= 0.3 is 6.09 Å². The highest BCUT2D eigenvalue weighted by Crippen LogP contribution is 2.24. The van der Waals surface area contributed by atoms with Crippen molar-refractivity contribution in [3.63, 3.8) is 0 Å². The number of hydrogen-bond donors (Lipinski definition) is 4. The van der Waals surface area contributed by atoms with Crippen LogP contribution < -0.4 is 20.7 Å². The number of amides is 6. The molecule has 1 aromatic carbocycles. The predicted octanol–water partition coefficient (Wildman–Crippen LogP) is 1.38. The average Bonchev–Trinajstić information content (AvgIpc) is 3.76. The van der Waals surface area contributed by atoms with E-state index in [9.17, 15) is 33.9 Å². The van der Waals surface area contributed by atoms with E-state index in [1.807, 2.05) is 6.07 Å². The minimum absolute atomic E-state index is 0.0764. The van der Waals surface area contributed by atoms with Crippen molar-refractivity contribution in [1.82, 2.24) is 40.4 Å². The number of carbonyl (C=O) groups excluding carboxylic acids is 5. The maximum atomic E-state index is 13.7. The number of benzene rings is 1. The van der Waals surface area contributed by atoms with Crippen molar-refractivity contribution in [2.45, 2.75) is 77.4 Å². The molecule has 2 saturated heterocycles. The van der Waals surface area contributed by atoms with Gasteiger partial charge in [-0.1, -0.05) is 39.0 Å². The van der Waals surface area contributed by atoms with Crippen molar-refractivity contribution in [2.24, 2.45) is 5.41 Å². The van der Waals surface area contributed by atoms with Gasteiger partial charge in [0.1, 0.15) is 12.1 Å². The number of carboxylic acid groups (broad SMARTS) is 1. The number of ether oxygens (including phenoxy) is 1. The van der Waals surface area contributed by atoms with Crippen molar-refractivity contribution in [3.8, 4) is 11.6 Å². The normalized spacial score (nSPS) is 18.4. The zero-order chi connectivity index (χ0) is 36.7. The molecule has 0 spiro atoms. The van der Waals surface area contributed by atoms with Gasteiger partial charge in [0.05, 0.1) is 5.69 Å². The van der Waals surface area contributed by atoms with Crippen LogP contribution >= 0.6 is 0 Å². The molecule has 2 atom stereocenters. The van der Waals surface area contributed by atoms with Crippen LogP contribution in [-0.4, -0.2) is 129 Å². The van der Waals surface area contributed by atoms with E-state index in [2.05, 4.69) is 21.0 Å². The number of piperazine rings is 1. The summed E-state index contributed by atoms with van der Waals surface area (Å²) in [7, 11) is 0. The molecule has 5 rings (SSSR count).